The van der Waals surface area contributed by atoms with E-state index in [4.69, 9.17) is 16.7 Å². The molecule has 0 unspecified atom stereocenters. The molecule has 1 fully saturated rings. The molecule has 1 aliphatic rings. The van der Waals surface area contributed by atoms with Crippen LogP contribution in [0.1, 0.15) is 32.3 Å². The Morgan fingerprint density at radius 2 is 2.19 bits per heavy atom. The maximum Gasteiger partial charge on any atom is 0.0696 e. The maximum absolute atomic E-state index is 9.08. The van der Waals surface area contributed by atoms with Crippen LogP contribution >= 0.6 is 11.6 Å². The topological polar surface area (TPSA) is 23.5 Å². The highest BCUT2D eigenvalue weighted by atomic mass is 35.5. The lowest BCUT2D eigenvalue weighted by atomic mass is 10.0. The summed E-state index contributed by atoms with van der Waals surface area (Å²) < 4.78 is 0. The molecule has 16 heavy (non-hydrogen) atoms. The van der Waals surface area contributed by atoms with Crippen molar-refractivity contribution < 1.29 is 5.11 Å². The highest BCUT2D eigenvalue weighted by Gasteiger charge is 2.31. The largest absolute Gasteiger partial charge is 0.392 e. The van der Waals surface area contributed by atoms with Crippen molar-refractivity contribution in [2.45, 2.75) is 38.8 Å². The Morgan fingerprint density at radius 1 is 1.44 bits per heavy atom. The van der Waals surface area contributed by atoms with E-state index in [1.54, 1.807) is 0 Å². The fourth-order valence-electron chi connectivity index (χ4n) is 2.42. The molecule has 0 radical (unpaired) electrons. The zero-order valence-electron chi connectivity index (χ0n) is 9.83. The summed E-state index contributed by atoms with van der Waals surface area (Å²) in [6.45, 7) is 5.60. The van der Waals surface area contributed by atoms with Crippen molar-refractivity contribution in [1.82, 2.24) is 0 Å². The lowest BCUT2D eigenvalue weighted by Gasteiger charge is -2.34. The zero-order chi connectivity index (χ0) is 11.8. The van der Waals surface area contributed by atoms with Gasteiger partial charge in [0.1, 0.15) is 0 Å². The number of aliphatic hydroxyl groups is 1. The standard InChI is InChI=1S/C13H18ClNO/c1-13(2)6-3-7-15(13)11-5-4-10(9-16)12(14)8-11/h4-5,8,16H,3,6-7,9H2,1-2H3. The molecule has 0 atom stereocenters. The van der Waals surface area contributed by atoms with Crippen molar-refractivity contribution in [2.24, 2.45) is 0 Å². The van der Waals surface area contributed by atoms with Gasteiger partial charge in [-0.3, -0.25) is 0 Å². The smallest absolute Gasteiger partial charge is 0.0696 e. The number of anilines is 1. The zero-order valence-corrected chi connectivity index (χ0v) is 10.6. The molecule has 0 bridgehead atoms. The lowest BCUT2D eigenvalue weighted by molar-refractivity contribution is 0.282. The predicted octanol–water partition coefficient (Wildman–Crippen LogP) is 3.21. The summed E-state index contributed by atoms with van der Waals surface area (Å²) in [6.07, 6.45) is 2.44. The van der Waals surface area contributed by atoms with Gasteiger partial charge in [0.25, 0.3) is 0 Å². The molecule has 2 nitrogen and oxygen atoms in total. The molecule has 0 spiro atoms. The summed E-state index contributed by atoms with van der Waals surface area (Å²) in [5, 5.41) is 9.73. The van der Waals surface area contributed by atoms with E-state index < -0.39 is 0 Å². The highest BCUT2D eigenvalue weighted by Crippen LogP contribution is 2.35. The van der Waals surface area contributed by atoms with E-state index in [2.05, 4.69) is 18.7 Å². The van der Waals surface area contributed by atoms with Crippen molar-refractivity contribution in [3.63, 3.8) is 0 Å². The first-order valence-corrected chi connectivity index (χ1v) is 6.09. The summed E-state index contributed by atoms with van der Waals surface area (Å²) in [5.41, 5.74) is 2.16. The fourth-order valence-corrected chi connectivity index (χ4v) is 2.65. The second-order valence-electron chi connectivity index (χ2n) is 5.00. The minimum Gasteiger partial charge on any atom is -0.392 e. The van der Waals surface area contributed by atoms with E-state index in [-0.39, 0.29) is 12.1 Å². The average molecular weight is 240 g/mol. The van der Waals surface area contributed by atoms with Gasteiger partial charge in [0.05, 0.1) is 6.61 Å². The number of nitrogens with zero attached hydrogens (tertiary/aromatic N) is 1. The minimum atomic E-state index is 0.00249. The lowest BCUT2D eigenvalue weighted by Crippen LogP contribution is -2.38. The van der Waals surface area contributed by atoms with Gasteiger partial charge in [0.2, 0.25) is 0 Å². The Labute approximate surface area is 102 Å². The number of aliphatic hydroxyl groups excluding tert-OH is 1. The minimum absolute atomic E-state index is 0.00249. The summed E-state index contributed by atoms with van der Waals surface area (Å²) >= 11 is 6.11. The summed E-state index contributed by atoms with van der Waals surface area (Å²) in [4.78, 5) is 2.39. The SMILES string of the molecule is CC1(C)CCCN1c1ccc(CO)c(Cl)c1. The first-order chi connectivity index (χ1) is 7.54. The molecule has 1 N–H and O–H groups in total. The Kier molecular flexibility index (Phi) is 3.13. The van der Waals surface area contributed by atoms with Gasteiger partial charge in [-0.05, 0) is 44.4 Å². The van der Waals surface area contributed by atoms with Crippen molar-refractivity contribution in [3.05, 3.63) is 28.8 Å². The number of hydrogen-bond acceptors (Lipinski definition) is 2. The van der Waals surface area contributed by atoms with Gasteiger partial charge in [-0.1, -0.05) is 17.7 Å². The molecule has 3 heteroatoms. The van der Waals surface area contributed by atoms with Crippen LogP contribution in [0.15, 0.2) is 18.2 Å². The Bertz CT molecular complexity index is 390. The van der Waals surface area contributed by atoms with Crippen LogP contribution in [0.4, 0.5) is 5.69 Å². The van der Waals surface area contributed by atoms with Crippen LogP contribution in [0.5, 0.6) is 0 Å². The van der Waals surface area contributed by atoms with Crippen LogP contribution in [0.2, 0.25) is 5.02 Å². The Hall–Kier alpha value is -0.730. The van der Waals surface area contributed by atoms with Gasteiger partial charge in [0, 0.05) is 22.8 Å². The molecule has 1 aliphatic heterocycles. The monoisotopic (exact) mass is 239 g/mol. The van der Waals surface area contributed by atoms with Crippen molar-refractivity contribution in [3.8, 4) is 0 Å². The molecule has 2 rings (SSSR count). The Morgan fingerprint density at radius 3 is 2.69 bits per heavy atom. The van der Waals surface area contributed by atoms with E-state index in [0.29, 0.717) is 5.02 Å². The Balaban J connectivity index is 2.31. The van der Waals surface area contributed by atoms with Crippen LogP contribution in [-0.2, 0) is 6.61 Å². The van der Waals surface area contributed by atoms with Gasteiger partial charge >= 0.3 is 0 Å². The third-order valence-electron chi connectivity index (χ3n) is 3.42. The molecular weight excluding hydrogens is 222 g/mol. The maximum atomic E-state index is 9.08. The molecule has 1 heterocycles. The number of hydrogen-bond donors (Lipinski definition) is 1. The number of rotatable bonds is 2. The van der Waals surface area contributed by atoms with E-state index >= 15 is 0 Å². The summed E-state index contributed by atoms with van der Waals surface area (Å²) in [7, 11) is 0. The van der Waals surface area contributed by atoms with Crippen LogP contribution in [-0.4, -0.2) is 17.2 Å². The number of benzene rings is 1. The summed E-state index contributed by atoms with van der Waals surface area (Å²) in [6, 6.07) is 5.91. The first-order valence-electron chi connectivity index (χ1n) is 5.71. The average Bonchev–Trinajstić information content (AvgIpc) is 2.58. The quantitative estimate of drug-likeness (QED) is 0.857. The van der Waals surface area contributed by atoms with Crippen LogP contribution in [0, 0.1) is 0 Å². The van der Waals surface area contributed by atoms with Gasteiger partial charge in [-0.25, -0.2) is 0 Å². The first kappa shape index (κ1) is 11.7. The van der Waals surface area contributed by atoms with Gasteiger partial charge in [-0.2, -0.15) is 0 Å². The van der Waals surface area contributed by atoms with Crippen LogP contribution in [0.25, 0.3) is 0 Å². The highest BCUT2D eigenvalue weighted by molar-refractivity contribution is 6.31. The van der Waals surface area contributed by atoms with Crippen molar-refractivity contribution in [2.75, 3.05) is 11.4 Å². The molecule has 1 aromatic rings. The molecule has 0 aliphatic carbocycles. The van der Waals surface area contributed by atoms with E-state index in [0.717, 1.165) is 17.8 Å². The summed E-state index contributed by atoms with van der Waals surface area (Å²) in [5.74, 6) is 0. The molecular formula is C13H18ClNO. The van der Waals surface area contributed by atoms with Crippen LogP contribution in [0.3, 0.4) is 0 Å². The predicted molar refractivity (Wildman–Crippen MR) is 68.0 cm³/mol. The fraction of sp³-hybridized carbons (Fsp3) is 0.538. The third kappa shape index (κ3) is 2.04. The second kappa shape index (κ2) is 4.27. The molecule has 0 amide bonds. The second-order valence-corrected chi connectivity index (χ2v) is 5.41. The van der Waals surface area contributed by atoms with E-state index in [1.807, 2.05) is 18.2 Å². The molecule has 0 saturated carbocycles. The van der Waals surface area contributed by atoms with Gasteiger partial charge in [-0.15, -0.1) is 0 Å². The molecule has 0 aromatic heterocycles. The van der Waals surface area contributed by atoms with E-state index in [9.17, 15) is 0 Å². The van der Waals surface area contributed by atoms with E-state index in [1.165, 1.54) is 12.8 Å². The van der Waals surface area contributed by atoms with Crippen LogP contribution < -0.4 is 4.90 Å². The number of halogens is 1. The molecule has 1 saturated heterocycles. The third-order valence-corrected chi connectivity index (χ3v) is 3.77. The van der Waals surface area contributed by atoms with Gasteiger partial charge < -0.3 is 10.0 Å². The normalized spacial score (nSPS) is 19.1. The van der Waals surface area contributed by atoms with Crippen molar-refractivity contribution >= 4 is 17.3 Å². The molecule has 88 valence electrons. The van der Waals surface area contributed by atoms with Gasteiger partial charge in [0.15, 0.2) is 0 Å². The van der Waals surface area contributed by atoms with Crippen molar-refractivity contribution in [1.29, 1.82) is 0 Å². The molecule has 1 aromatic carbocycles.